The van der Waals surface area contributed by atoms with Gasteiger partial charge in [-0.2, -0.15) is 10.4 Å². The van der Waals surface area contributed by atoms with E-state index in [1.165, 1.54) is 32.1 Å². The predicted molar refractivity (Wildman–Crippen MR) is 83.7 cm³/mol. The summed E-state index contributed by atoms with van der Waals surface area (Å²) >= 11 is 0. The topological polar surface area (TPSA) is 118 Å². The fraction of sp³-hybridized carbons (Fsp3) is 0.188. The van der Waals surface area contributed by atoms with Crippen molar-refractivity contribution in [1.29, 1.82) is 5.26 Å². The van der Waals surface area contributed by atoms with Crippen molar-refractivity contribution < 1.29 is 19.1 Å². The maximum atomic E-state index is 11.2. The van der Waals surface area contributed by atoms with E-state index in [0.717, 1.165) is 0 Å². The van der Waals surface area contributed by atoms with E-state index in [2.05, 4.69) is 15.2 Å². The van der Waals surface area contributed by atoms with Crippen molar-refractivity contribution in [3.8, 4) is 17.6 Å². The van der Waals surface area contributed by atoms with E-state index >= 15 is 0 Å². The van der Waals surface area contributed by atoms with Crippen LogP contribution in [0.3, 0.4) is 0 Å². The average molecular weight is 326 g/mol. The van der Waals surface area contributed by atoms with Crippen LogP contribution in [0.5, 0.6) is 11.5 Å². The number of allylic oxidation sites excluding steroid dienone is 1. The summed E-state index contributed by atoms with van der Waals surface area (Å²) in [6.07, 6.45) is 1.53. The molecule has 0 spiro atoms. The Morgan fingerprint density at radius 2 is 1.88 bits per heavy atom. The van der Waals surface area contributed by atoms with Crippen molar-refractivity contribution in [1.82, 2.24) is 15.2 Å². The number of aryl methyl sites for hydroxylation is 1. The largest absolute Gasteiger partial charge is 0.423 e. The number of rotatable bonds is 4. The van der Waals surface area contributed by atoms with Gasteiger partial charge in [0.25, 0.3) is 0 Å². The van der Waals surface area contributed by atoms with Gasteiger partial charge >= 0.3 is 11.9 Å². The van der Waals surface area contributed by atoms with E-state index in [0.29, 0.717) is 11.4 Å². The minimum atomic E-state index is -0.561. The van der Waals surface area contributed by atoms with Crippen LogP contribution in [0.1, 0.15) is 31.1 Å². The lowest BCUT2D eigenvalue weighted by Gasteiger charge is -2.09. The zero-order chi connectivity index (χ0) is 17.7. The number of ether oxygens (including phenoxy) is 2. The predicted octanol–water partition coefficient (Wildman–Crippen LogP) is 2.03. The number of aromatic amines is 1. The van der Waals surface area contributed by atoms with Gasteiger partial charge in [0.1, 0.15) is 11.9 Å². The fourth-order valence-electron chi connectivity index (χ4n) is 1.86. The number of carbonyl (C=O) groups excluding carboxylic acids is 2. The molecule has 122 valence electrons. The summed E-state index contributed by atoms with van der Waals surface area (Å²) in [5.41, 5.74) is 0.787. The first kappa shape index (κ1) is 16.9. The van der Waals surface area contributed by atoms with Gasteiger partial charge in [-0.3, -0.25) is 14.7 Å². The van der Waals surface area contributed by atoms with Crippen molar-refractivity contribution in [2.24, 2.45) is 0 Å². The first-order chi connectivity index (χ1) is 11.4. The van der Waals surface area contributed by atoms with Crippen LogP contribution in [-0.2, 0) is 9.59 Å². The van der Waals surface area contributed by atoms with Gasteiger partial charge in [0.05, 0.1) is 5.57 Å². The standard InChI is InChI=1S/C16H14N4O4/c1-9-18-16(20-19-9)13(8-17)6-12-4-5-14(23-10(2)21)15(7-12)24-11(3)22/h4-7H,1-3H3,(H,18,19,20). The highest BCUT2D eigenvalue weighted by Gasteiger charge is 2.12. The molecule has 0 aliphatic carbocycles. The number of nitrogens with zero attached hydrogens (tertiary/aromatic N) is 3. The first-order valence-corrected chi connectivity index (χ1v) is 6.91. The molecule has 1 aromatic heterocycles. The van der Waals surface area contributed by atoms with Crippen LogP contribution in [0.15, 0.2) is 18.2 Å². The number of nitriles is 1. The molecule has 1 N–H and O–H groups in total. The Labute approximate surface area is 137 Å². The lowest BCUT2D eigenvalue weighted by molar-refractivity contribution is -0.134. The quantitative estimate of drug-likeness (QED) is 0.518. The molecule has 1 aromatic carbocycles. The number of nitrogens with one attached hydrogen (secondary N) is 1. The van der Waals surface area contributed by atoms with Gasteiger partial charge in [-0.25, -0.2) is 4.98 Å². The van der Waals surface area contributed by atoms with Crippen molar-refractivity contribution in [2.75, 3.05) is 0 Å². The van der Waals surface area contributed by atoms with Crippen LogP contribution in [-0.4, -0.2) is 27.1 Å². The molecular formula is C16H14N4O4. The van der Waals surface area contributed by atoms with Gasteiger partial charge in [-0.15, -0.1) is 0 Å². The number of aromatic nitrogens is 3. The summed E-state index contributed by atoms with van der Waals surface area (Å²) in [5.74, 6) is -0.0719. The molecule has 0 saturated heterocycles. The molecule has 0 unspecified atom stereocenters. The van der Waals surface area contributed by atoms with E-state index < -0.39 is 11.9 Å². The number of carbonyl (C=O) groups is 2. The van der Waals surface area contributed by atoms with Crippen LogP contribution in [0.25, 0.3) is 11.6 Å². The maximum absolute atomic E-state index is 11.2. The summed E-state index contributed by atoms with van der Waals surface area (Å²) < 4.78 is 10.0. The molecule has 0 amide bonds. The smallest absolute Gasteiger partial charge is 0.308 e. The van der Waals surface area contributed by atoms with E-state index in [1.54, 1.807) is 13.0 Å². The molecule has 2 aromatic rings. The van der Waals surface area contributed by atoms with E-state index in [1.807, 2.05) is 6.07 Å². The molecule has 0 fully saturated rings. The molecular weight excluding hydrogens is 312 g/mol. The van der Waals surface area contributed by atoms with Crippen molar-refractivity contribution in [3.63, 3.8) is 0 Å². The van der Waals surface area contributed by atoms with Gasteiger partial charge in [-0.05, 0) is 30.7 Å². The Bertz CT molecular complexity index is 861. The third-order valence-corrected chi connectivity index (χ3v) is 2.74. The molecule has 2 rings (SSSR count). The summed E-state index contributed by atoms with van der Waals surface area (Å²) in [5, 5.41) is 15.9. The molecule has 0 radical (unpaired) electrons. The van der Waals surface area contributed by atoms with Crippen LogP contribution >= 0.6 is 0 Å². The third-order valence-electron chi connectivity index (χ3n) is 2.74. The number of benzene rings is 1. The second kappa shape index (κ2) is 7.19. The van der Waals surface area contributed by atoms with Crippen LogP contribution in [0, 0.1) is 18.3 Å². The fourth-order valence-corrected chi connectivity index (χ4v) is 1.86. The Morgan fingerprint density at radius 1 is 1.21 bits per heavy atom. The Morgan fingerprint density at radius 3 is 2.42 bits per heavy atom. The first-order valence-electron chi connectivity index (χ1n) is 6.91. The minimum absolute atomic E-state index is 0.0786. The molecule has 0 atom stereocenters. The third kappa shape index (κ3) is 4.27. The molecule has 8 nitrogen and oxygen atoms in total. The van der Waals surface area contributed by atoms with Crippen LogP contribution in [0.4, 0.5) is 0 Å². The SMILES string of the molecule is CC(=O)Oc1ccc(C=C(C#N)c2n[nH]c(C)n2)cc1OC(C)=O. The number of esters is 2. The summed E-state index contributed by atoms with van der Waals surface area (Å²) in [6, 6.07) is 6.58. The maximum Gasteiger partial charge on any atom is 0.308 e. The highest BCUT2D eigenvalue weighted by molar-refractivity contribution is 5.87. The average Bonchev–Trinajstić information content (AvgIpc) is 2.92. The van der Waals surface area contributed by atoms with E-state index in [9.17, 15) is 14.9 Å². The van der Waals surface area contributed by atoms with Gasteiger partial charge in [0, 0.05) is 13.8 Å². The molecule has 24 heavy (non-hydrogen) atoms. The summed E-state index contributed by atoms with van der Waals surface area (Å²) in [4.78, 5) is 26.4. The van der Waals surface area contributed by atoms with Gasteiger partial charge in [-0.1, -0.05) is 6.07 Å². The van der Waals surface area contributed by atoms with Crippen molar-refractivity contribution in [2.45, 2.75) is 20.8 Å². The second-order valence-corrected chi connectivity index (χ2v) is 4.81. The summed E-state index contributed by atoms with van der Waals surface area (Å²) in [7, 11) is 0. The monoisotopic (exact) mass is 326 g/mol. The highest BCUT2D eigenvalue weighted by atomic mass is 16.6. The number of hydrogen-bond donors (Lipinski definition) is 1. The molecule has 8 heteroatoms. The molecule has 0 saturated carbocycles. The number of hydrogen-bond acceptors (Lipinski definition) is 7. The second-order valence-electron chi connectivity index (χ2n) is 4.81. The van der Waals surface area contributed by atoms with Gasteiger partial charge in [0.15, 0.2) is 17.3 Å². The number of H-pyrrole nitrogens is 1. The van der Waals surface area contributed by atoms with Crippen LogP contribution < -0.4 is 9.47 Å². The minimum Gasteiger partial charge on any atom is -0.423 e. The zero-order valence-corrected chi connectivity index (χ0v) is 13.3. The Balaban J connectivity index is 2.43. The van der Waals surface area contributed by atoms with E-state index in [4.69, 9.17) is 9.47 Å². The summed E-state index contributed by atoms with van der Waals surface area (Å²) in [6.45, 7) is 4.19. The van der Waals surface area contributed by atoms with Crippen molar-refractivity contribution >= 4 is 23.6 Å². The van der Waals surface area contributed by atoms with Gasteiger partial charge < -0.3 is 9.47 Å². The van der Waals surface area contributed by atoms with Crippen LogP contribution in [0.2, 0.25) is 0 Å². The Hall–Kier alpha value is -3.47. The Kier molecular flexibility index (Phi) is 5.06. The molecule has 0 bridgehead atoms. The normalized spacial score (nSPS) is 10.8. The zero-order valence-electron chi connectivity index (χ0n) is 13.3. The molecule has 0 aliphatic heterocycles. The lowest BCUT2D eigenvalue weighted by atomic mass is 10.1. The van der Waals surface area contributed by atoms with Gasteiger partial charge in [0.2, 0.25) is 0 Å². The van der Waals surface area contributed by atoms with E-state index in [-0.39, 0.29) is 22.9 Å². The van der Waals surface area contributed by atoms with Crippen molar-refractivity contribution in [3.05, 3.63) is 35.4 Å². The molecule has 0 aliphatic rings. The highest BCUT2D eigenvalue weighted by Crippen LogP contribution is 2.30. The lowest BCUT2D eigenvalue weighted by Crippen LogP contribution is -2.07. The molecule has 1 heterocycles.